The molecule has 2 aromatic rings. The SMILES string of the molecule is COc1cc(/C=N/N(CC(C)C)C2=NS(=O)(=O)c3c[c]ccc32)ccc1Cl. The van der Waals surface area contributed by atoms with Gasteiger partial charge in [-0.15, -0.1) is 4.40 Å². The van der Waals surface area contributed by atoms with Crippen LogP contribution in [0.25, 0.3) is 0 Å². The molecule has 1 aliphatic rings. The van der Waals surface area contributed by atoms with E-state index in [-0.39, 0.29) is 10.8 Å². The normalized spacial score (nSPS) is 15.1. The molecule has 0 saturated heterocycles. The van der Waals surface area contributed by atoms with Gasteiger partial charge in [0, 0.05) is 12.1 Å². The number of nitrogens with zero attached hydrogens (tertiary/aromatic N) is 3. The summed E-state index contributed by atoms with van der Waals surface area (Å²) in [6.45, 7) is 4.56. The number of ether oxygens (including phenoxy) is 1. The summed E-state index contributed by atoms with van der Waals surface area (Å²) >= 11 is 6.05. The fourth-order valence-corrected chi connectivity index (χ4v) is 4.01. The monoisotopic (exact) mass is 404 g/mol. The average Bonchev–Trinajstić information content (AvgIpc) is 2.91. The molecule has 1 radical (unpaired) electrons. The van der Waals surface area contributed by atoms with Crippen LogP contribution in [0.15, 0.2) is 50.8 Å². The zero-order valence-electron chi connectivity index (χ0n) is 15.2. The largest absolute Gasteiger partial charge is 0.495 e. The van der Waals surface area contributed by atoms with Crippen molar-refractivity contribution in [3.63, 3.8) is 0 Å². The molecule has 0 fully saturated rings. The Morgan fingerprint density at radius 2 is 2.15 bits per heavy atom. The molecule has 0 spiro atoms. The van der Waals surface area contributed by atoms with Crippen molar-refractivity contribution in [3.05, 3.63) is 58.6 Å². The van der Waals surface area contributed by atoms with E-state index < -0.39 is 10.0 Å². The van der Waals surface area contributed by atoms with Crippen LogP contribution in [0.2, 0.25) is 5.02 Å². The van der Waals surface area contributed by atoms with Gasteiger partial charge in [-0.1, -0.05) is 37.6 Å². The van der Waals surface area contributed by atoms with E-state index in [1.165, 1.54) is 6.07 Å². The molecular weight excluding hydrogens is 386 g/mol. The molecule has 1 heterocycles. The summed E-state index contributed by atoms with van der Waals surface area (Å²) in [6, 6.07) is 12.9. The molecule has 0 aromatic heterocycles. The molecule has 27 heavy (non-hydrogen) atoms. The predicted molar refractivity (Wildman–Crippen MR) is 106 cm³/mol. The topological polar surface area (TPSA) is 71.3 Å². The molecule has 141 valence electrons. The van der Waals surface area contributed by atoms with Crippen LogP contribution in [0.4, 0.5) is 0 Å². The Balaban J connectivity index is 1.99. The van der Waals surface area contributed by atoms with Crippen molar-refractivity contribution in [1.82, 2.24) is 5.01 Å². The lowest BCUT2D eigenvalue weighted by Gasteiger charge is -2.21. The molecule has 3 rings (SSSR count). The van der Waals surface area contributed by atoms with E-state index in [0.29, 0.717) is 28.7 Å². The summed E-state index contributed by atoms with van der Waals surface area (Å²) < 4.78 is 33.8. The number of hydrogen-bond acceptors (Lipinski definition) is 5. The first-order valence-corrected chi connectivity index (χ1v) is 10.1. The van der Waals surface area contributed by atoms with Gasteiger partial charge in [-0.3, -0.25) is 0 Å². The number of hydrazone groups is 1. The van der Waals surface area contributed by atoms with E-state index in [2.05, 4.69) is 15.6 Å². The standard InChI is InChI=1S/C19H19ClN3O3S/c1-13(2)12-23(21-11-14-8-9-16(20)17(10-14)26-3)19-15-6-4-5-7-18(15)27(24,25)22-19/h4,6-11,13H,12H2,1-3H3/b21-11+. The van der Waals surface area contributed by atoms with Gasteiger partial charge in [-0.05, 0) is 41.8 Å². The van der Waals surface area contributed by atoms with E-state index in [9.17, 15) is 8.42 Å². The number of hydrogen-bond donors (Lipinski definition) is 0. The van der Waals surface area contributed by atoms with Gasteiger partial charge in [-0.25, -0.2) is 5.01 Å². The first-order valence-electron chi connectivity index (χ1n) is 8.32. The fraction of sp³-hybridized carbons (Fsp3) is 0.263. The Kier molecular flexibility index (Phi) is 5.53. The maximum atomic E-state index is 12.3. The Labute approximate surface area is 164 Å². The number of rotatable bonds is 5. The molecular formula is C19H19ClN3O3S. The van der Waals surface area contributed by atoms with Crippen LogP contribution >= 0.6 is 11.6 Å². The second-order valence-electron chi connectivity index (χ2n) is 6.43. The Morgan fingerprint density at radius 1 is 1.37 bits per heavy atom. The maximum Gasteiger partial charge on any atom is 0.285 e. The second-order valence-corrected chi connectivity index (χ2v) is 8.41. The molecule has 0 atom stereocenters. The fourth-order valence-electron chi connectivity index (χ4n) is 2.64. The van der Waals surface area contributed by atoms with E-state index in [0.717, 1.165) is 5.56 Å². The lowest BCUT2D eigenvalue weighted by atomic mass is 10.1. The molecule has 8 heteroatoms. The lowest BCUT2D eigenvalue weighted by molar-refractivity contribution is 0.385. The first kappa shape index (κ1) is 19.4. The van der Waals surface area contributed by atoms with Crippen LogP contribution in [-0.4, -0.2) is 39.1 Å². The van der Waals surface area contributed by atoms with Crippen molar-refractivity contribution in [1.29, 1.82) is 0 Å². The van der Waals surface area contributed by atoms with Crippen molar-refractivity contribution in [2.24, 2.45) is 15.4 Å². The van der Waals surface area contributed by atoms with E-state index in [1.54, 1.807) is 48.7 Å². The van der Waals surface area contributed by atoms with Gasteiger partial charge in [0.25, 0.3) is 10.0 Å². The molecule has 0 N–H and O–H groups in total. The van der Waals surface area contributed by atoms with Crippen molar-refractivity contribution < 1.29 is 13.2 Å². The van der Waals surface area contributed by atoms with Gasteiger partial charge in [0.05, 0.1) is 18.3 Å². The number of halogens is 1. The van der Waals surface area contributed by atoms with Crippen molar-refractivity contribution in [3.8, 4) is 5.75 Å². The number of amidine groups is 1. The highest BCUT2D eigenvalue weighted by Crippen LogP contribution is 2.28. The summed E-state index contributed by atoms with van der Waals surface area (Å²) in [5.41, 5.74) is 1.30. The Morgan fingerprint density at radius 3 is 2.85 bits per heavy atom. The van der Waals surface area contributed by atoms with Gasteiger partial charge in [0.15, 0.2) is 5.84 Å². The third-order valence-corrected chi connectivity index (χ3v) is 5.47. The van der Waals surface area contributed by atoms with Crippen molar-refractivity contribution >= 4 is 33.7 Å². The molecule has 0 aliphatic carbocycles. The molecule has 6 nitrogen and oxygen atoms in total. The number of sulfonamides is 1. The van der Waals surface area contributed by atoms with Gasteiger partial charge in [0.2, 0.25) is 0 Å². The van der Waals surface area contributed by atoms with Crippen LogP contribution in [0.3, 0.4) is 0 Å². The molecule has 1 aliphatic heterocycles. The summed E-state index contributed by atoms with van der Waals surface area (Å²) in [4.78, 5) is 0.150. The van der Waals surface area contributed by atoms with E-state index >= 15 is 0 Å². The highest BCUT2D eigenvalue weighted by molar-refractivity contribution is 7.90. The summed E-state index contributed by atoms with van der Waals surface area (Å²) in [7, 11) is -2.19. The number of methoxy groups -OCH3 is 1. The van der Waals surface area contributed by atoms with Gasteiger partial charge < -0.3 is 4.74 Å². The highest BCUT2D eigenvalue weighted by Gasteiger charge is 2.31. The first-order chi connectivity index (χ1) is 12.8. The Hall–Kier alpha value is -2.38. The predicted octanol–water partition coefficient (Wildman–Crippen LogP) is 3.59. The summed E-state index contributed by atoms with van der Waals surface area (Å²) in [6.07, 6.45) is 1.63. The van der Waals surface area contributed by atoms with Crippen LogP contribution in [0, 0.1) is 12.0 Å². The van der Waals surface area contributed by atoms with Crippen LogP contribution in [0.1, 0.15) is 25.0 Å². The average molecular weight is 405 g/mol. The zero-order chi connectivity index (χ0) is 19.6. The summed E-state index contributed by atoms with van der Waals surface area (Å²) in [5.74, 6) is 1.09. The third kappa shape index (κ3) is 4.14. The number of fused-ring (bicyclic) bond motifs is 1. The molecule has 0 unspecified atom stereocenters. The van der Waals surface area contributed by atoms with Gasteiger partial charge >= 0.3 is 0 Å². The summed E-state index contributed by atoms with van der Waals surface area (Å²) in [5, 5.41) is 6.60. The minimum absolute atomic E-state index is 0.150. The van der Waals surface area contributed by atoms with Crippen LogP contribution < -0.4 is 4.74 Å². The lowest BCUT2D eigenvalue weighted by Crippen LogP contribution is -2.29. The maximum absolute atomic E-state index is 12.3. The second kappa shape index (κ2) is 7.70. The molecule has 0 bridgehead atoms. The zero-order valence-corrected chi connectivity index (χ0v) is 16.8. The minimum atomic E-state index is -3.73. The molecule has 0 amide bonds. The minimum Gasteiger partial charge on any atom is -0.495 e. The quantitative estimate of drug-likeness (QED) is 0.564. The van der Waals surface area contributed by atoms with Gasteiger partial charge in [-0.2, -0.15) is 13.5 Å². The third-order valence-electron chi connectivity index (χ3n) is 3.86. The van der Waals surface area contributed by atoms with Crippen LogP contribution in [-0.2, 0) is 10.0 Å². The van der Waals surface area contributed by atoms with Crippen molar-refractivity contribution in [2.75, 3.05) is 13.7 Å². The van der Waals surface area contributed by atoms with E-state index in [4.69, 9.17) is 16.3 Å². The van der Waals surface area contributed by atoms with E-state index in [1.807, 2.05) is 13.8 Å². The number of benzene rings is 2. The Bertz CT molecular complexity index is 1020. The van der Waals surface area contributed by atoms with Crippen molar-refractivity contribution in [2.45, 2.75) is 18.7 Å². The van der Waals surface area contributed by atoms with Gasteiger partial charge in [0.1, 0.15) is 10.6 Å². The highest BCUT2D eigenvalue weighted by atomic mass is 35.5. The smallest absolute Gasteiger partial charge is 0.285 e. The molecule has 0 saturated carbocycles. The molecule has 2 aromatic carbocycles. The van der Waals surface area contributed by atoms with Crippen LogP contribution in [0.5, 0.6) is 5.75 Å².